The van der Waals surface area contributed by atoms with E-state index in [9.17, 15) is 5.11 Å². The third kappa shape index (κ3) is 2.29. The summed E-state index contributed by atoms with van der Waals surface area (Å²) >= 11 is 0. The minimum absolute atomic E-state index is 0. The molecule has 0 aromatic carbocycles. The van der Waals surface area contributed by atoms with Gasteiger partial charge in [0.2, 0.25) is 0 Å². The van der Waals surface area contributed by atoms with Crippen LogP contribution in [-0.4, -0.2) is 6.10 Å². The van der Waals surface area contributed by atoms with Gasteiger partial charge in [-0.05, 0) is 0 Å². The molecule has 0 spiro atoms. The Morgan fingerprint density at radius 2 is 1.57 bits per heavy atom. The van der Waals surface area contributed by atoms with Gasteiger partial charge < -0.3 is 5.11 Å². The Hall–Kier alpha value is 0.440. The Bertz CT molecular complexity index is 84.3. The number of hydrogen-bond donors (Lipinski definition) is 0. The molecule has 1 aliphatic rings. The summed E-state index contributed by atoms with van der Waals surface area (Å²) in [6, 6.07) is 0. The Kier molecular flexibility index (Phi) is 3.66. The van der Waals surface area contributed by atoms with Crippen LogP contribution in [0.1, 0.15) is 0 Å². The van der Waals surface area contributed by atoms with E-state index in [1.807, 2.05) is 0 Å². The normalized spacial score (nSPS) is 17.3. The second kappa shape index (κ2) is 3.44. The maximum absolute atomic E-state index is 10.2. The summed E-state index contributed by atoms with van der Waals surface area (Å²) in [6.45, 7) is 0. The van der Waals surface area contributed by atoms with Crippen LogP contribution in [0.3, 0.4) is 0 Å². The quantitative estimate of drug-likeness (QED) is 0.298. The molecule has 32 valence electrons. The average molecular weight is 104 g/mol. The molecule has 7 heavy (non-hydrogen) atoms. The van der Waals surface area contributed by atoms with Crippen LogP contribution in [0.15, 0.2) is 24.3 Å². The van der Waals surface area contributed by atoms with E-state index in [2.05, 4.69) is 0 Å². The van der Waals surface area contributed by atoms with E-state index in [0.717, 1.165) is 0 Å². The van der Waals surface area contributed by atoms with Gasteiger partial charge in [0.1, 0.15) is 0 Å². The molecule has 0 amide bonds. The van der Waals surface area contributed by atoms with Gasteiger partial charge in [-0.1, -0.05) is 30.4 Å². The standard InChI is InChI=1S/C5H5O.Na/c6-5-3-1-2-4-5;/h1-5H;/q-1;+1. The van der Waals surface area contributed by atoms with Gasteiger partial charge in [-0.3, -0.25) is 0 Å². The van der Waals surface area contributed by atoms with Gasteiger partial charge in [0.25, 0.3) is 0 Å². The molecule has 0 bridgehead atoms. The van der Waals surface area contributed by atoms with Crippen LogP contribution in [0.5, 0.6) is 0 Å². The average Bonchev–Trinajstić information content (AvgIpc) is 1.86. The van der Waals surface area contributed by atoms with Crippen molar-refractivity contribution in [3.8, 4) is 0 Å². The van der Waals surface area contributed by atoms with Gasteiger partial charge in [-0.2, -0.15) is 0 Å². The first kappa shape index (κ1) is 7.44. The van der Waals surface area contributed by atoms with E-state index in [1.165, 1.54) is 0 Å². The monoisotopic (exact) mass is 104 g/mol. The fourth-order valence-electron chi connectivity index (χ4n) is 0.411. The maximum Gasteiger partial charge on any atom is 1.00 e. The number of rotatable bonds is 0. The molecule has 0 saturated heterocycles. The van der Waals surface area contributed by atoms with Gasteiger partial charge in [0.05, 0.1) is 0 Å². The van der Waals surface area contributed by atoms with Crippen LogP contribution < -0.4 is 34.7 Å². The van der Waals surface area contributed by atoms with E-state index in [1.54, 1.807) is 24.3 Å². The van der Waals surface area contributed by atoms with Gasteiger partial charge in [0.15, 0.2) is 0 Å². The zero-order chi connectivity index (χ0) is 4.41. The van der Waals surface area contributed by atoms with Crippen molar-refractivity contribution in [3.05, 3.63) is 24.3 Å². The third-order valence-electron chi connectivity index (χ3n) is 0.713. The molecular formula is C5H5NaO. The van der Waals surface area contributed by atoms with Gasteiger partial charge in [0, 0.05) is 0 Å². The first-order valence-corrected chi connectivity index (χ1v) is 1.90. The fourth-order valence-corrected chi connectivity index (χ4v) is 0.411. The molecule has 0 saturated carbocycles. The summed E-state index contributed by atoms with van der Waals surface area (Å²) in [6.07, 6.45) is 6.18. The second-order valence-corrected chi connectivity index (χ2v) is 1.23. The molecule has 1 aliphatic carbocycles. The molecule has 2 heteroatoms. The number of hydrogen-bond acceptors (Lipinski definition) is 1. The van der Waals surface area contributed by atoms with Crippen LogP contribution in [-0.2, 0) is 0 Å². The fraction of sp³-hybridized carbons (Fsp3) is 0.200. The van der Waals surface area contributed by atoms with Crippen molar-refractivity contribution in [2.45, 2.75) is 6.10 Å². The summed E-state index contributed by atoms with van der Waals surface area (Å²) in [7, 11) is 0. The summed E-state index contributed by atoms with van der Waals surface area (Å²) in [5.41, 5.74) is 0. The molecule has 0 fully saturated rings. The van der Waals surface area contributed by atoms with Crippen molar-refractivity contribution < 1.29 is 34.7 Å². The SMILES string of the molecule is [Na+].[O-]C1C=CC=C1. The first-order valence-electron chi connectivity index (χ1n) is 1.90. The van der Waals surface area contributed by atoms with Crippen LogP contribution in [0.4, 0.5) is 0 Å². The number of allylic oxidation sites excluding steroid dienone is 2. The van der Waals surface area contributed by atoms with Crippen LogP contribution in [0, 0.1) is 0 Å². The summed E-state index contributed by atoms with van der Waals surface area (Å²) in [5, 5.41) is 10.2. The zero-order valence-electron chi connectivity index (χ0n) is 4.29. The van der Waals surface area contributed by atoms with Crippen molar-refractivity contribution in [3.63, 3.8) is 0 Å². The third-order valence-corrected chi connectivity index (χ3v) is 0.713. The molecule has 0 unspecified atom stereocenters. The summed E-state index contributed by atoms with van der Waals surface area (Å²) in [4.78, 5) is 0. The van der Waals surface area contributed by atoms with E-state index >= 15 is 0 Å². The smallest absolute Gasteiger partial charge is 0.846 e. The van der Waals surface area contributed by atoms with E-state index < -0.39 is 6.10 Å². The Morgan fingerprint density at radius 3 is 1.71 bits per heavy atom. The van der Waals surface area contributed by atoms with Crippen molar-refractivity contribution in [1.29, 1.82) is 0 Å². The maximum atomic E-state index is 10.2. The molecule has 0 aromatic rings. The molecule has 1 nitrogen and oxygen atoms in total. The van der Waals surface area contributed by atoms with Gasteiger partial charge in [-0.25, -0.2) is 0 Å². The van der Waals surface area contributed by atoms with Crippen LogP contribution >= 0.6 is 0 Å². The largest absolute Gasteiger partial charge is 1.00 e. The van der Waals surface area contributed by atoms with E-state index in [0.29, 0.717) is 0 Å². The molecule has 0 N–H and O–H groups in total. The van der Waals surface area contributed by atoms with Gasteiger partial charge >= 0.3 is 29.6 Å². The molecule has 0 heterocycles. The Balaban J connectivity index is 0.000000360. The van der Waals surface area contributed by atoms with Gasteiger partial charge in [-0.15, -0.1) is 0 Å². The molecule has 0 atom stereocenters. The van der Waals surface area contributed by atoms with E-state index in [-0.39, 0.29) is 29.6 Å². The zero-order valence-corrected chi connectivity index (χ0v) is 6.29. The molecule has 0 radical (unpaired) electrons. The van der Waals surface area contributed by atoms with Crippen LogP contribution in [0.2, 0.25) is 0 Å². The van der Waals surface area contributed by atoms with Crippen molar-refractivity contribution >= 4 is 0 Å². The first-order chi connectivity index (χ1) is 2.89. The minimum atomic E-state index is -0.565. The van der Waals surface area contributed by atoms with Crippen molar-refractivity contribution in [1.82, 2.24) is 0 Å². The molecule has 1 rings (SSSR count). The Labute approximate surface area is 65.0 Å². The second-order valence-electron chi connectivity index (χ2n) is 1.23. The topological polar surface area (TPSA) is 23.1 Å². The Morgan fingerprint density at radius 1 is 1.14 bits per heavy atom. The molecule has 0 aliphatic heterocycles. The summed E-state index contributed by atoms with van der Waals surface area (Å²) < 4.78 is 0. The molecular weight excluding hydrogens is 99.0 g/mol. The van der Waals surface area contributed by atoms with E-state index in [4.69, 9.17) is 0 Å². The summed E-state index contributed by atoms with van der Waals surface area (Å²) in [5.74, 6) is 0. The van der Waals surface area contributed by atoms with Crippen molar-refractivity contribution in [2.24, 2.45) is 0 Å². The van der Waals surface area contributed by atoms with Crippen LogP contribution in [0.25, 0.3) is 0 Å². The van der Waals surface area contributed by atoms with Crippen molar-refractivity contribution in [2.75, 3.05) is 0 Å². The minimum Gasteiger partial charge on any atom is -0.846 e. The predicted molar refractivity (Wildman–Crippen MR) is 22.1 cm³/mol. The molecule has 0 aromatic heterocycles. The predicted octanol–water partition coefficient (Wildman–Crippen LogP) is -3.15.